The molecule has 0 heterocycles. The molecular weight excluding hydrogens is 332 g/mol. The molecule has 0 atom stereocenters. The lowest BCUT2D eigenvalue weighted by molar-refractivity contribution is -0.138. The van der Waals surface area contributed by atoms with Crippen LogP contribution in [0.15, 0.2) is 24.3 Å². The van der Waals surface area contributed by atoms with Crippen LogP contribution in [0.1, 0.15) is 73.6 Å². The van der Waals surface area contributed by atoms with Gasteiger partial charge in [-0.3, -0.25) is 0 Å². The molecule has 0 spiro atoms. The lowest BCUT2D eigenvalue weighted by Crippen LogP contribution is -2.59. The molecule has 1 rings (SSSR count). The standard InChI is InChI=1S/C20H34O4Si/c1-14(2)18(21)23-25(20(7,8)16(5)6,24-19(22)15(3)4)17-12-10-9-11-13-17/h16-17H,1,3,9-13H2,2,4-8H3. The van der Waals surface area contributed by atoms with Gasteiger partial charge in [-0.1, -0.05) is 60.1 Å². The fourth-order valence-electron chi connectivity index (χ4n) is 3.31. The van der Waals surface area contributed by atoms with Crippen LogP contribution in [-0.4, -0.2) is 20.5 Å². The molecule has 0 amide bonds. The third kappa shape index (κ3) is 4.63. The van der Waals surface area contributed by atoms with Crippen LogP contribution in [0.25, 0.3) is 0 Å². The maximum absolute atomic E-state index is 12.5. The normalized spacial score (nSPS) is 16.4. The maximum Gasteiger partial charge on any atom is 0.474 e. The Bertz CT molecular complexity index is 514. The van der Waals surface area contributed by atoms with Crippen molar-refractivity contribution in [2.75, 3.05) is 0 Å². The van der Waals surface area contributed by atoms with E-state index in [-0.39, 0.29) is 11.5 Å². The molecule has 0 aromatic heterocycles. The van der Waals surface area contributed by atoms with Crippen LogP contribution in [-0.2, 0) is 18.4 Å². The van der Waals surface area contributed by atoms with Crippen molar-refractivity contribution in [3.63, 3.8) is 0 Å². The Balaban J connectivity index is 3.48. The lowest BCUT2D eigenvalue weighted by atomic mass is 9.98. The highest BCUT2D eigenvalue weighted by Crippen LogP contribution is 2.55. The summed E-state index contributed by atoms with van der Waals surface area (Å²) in [5, 5.41) is -0.425. The van der Waals surface area contributed by atoms with Gasteiger partial charge in [0.2, 0.25) is 0 Å². The van der Waals surface area contributed by atoms with Crippen LogP contribution in [0.5, 0.6) is 0 Å². The van der Waals surface area contributed by atoms with Crippen molar-refractivity contribution in [2.24, 2.45) is 5.92 Å². The molecule has 5 heteroatoms. The quantitative estimate of drug-likeness (QED) is 0.445. The largest absolute Gasteiger partial charge is 0.481 e. The van der Waals surface area contributed by atoms with Crippen LogP contribution >= 0.6 is 0 Å². The Kier molecular flexibility index (Phi) is 7.24. The highest BCUT2D eigenvalue weighted by Gasteiger charge is 2.64. The van der Waals surface area contributed by atoms with Crippen LogP contribution in [0, 0.1) is 5.92 Å². The number of hydrogen-bond acceptors (Lipinski definition) is 4. The van der Waals surface area contributed by atoms with E-state index in [1.54, 1.807) is 13.8 Å². The number of rotatable bonds is 7. The zero-order valence-electron chi connectivity index (χ0n) is 16.7. The summed E-state index contributed by atoms with van der Waals surface area (Å²) < 4.78 is 12.2. The first-order valence-electron chi connectivity index (χ1n) is 9.23. The van der Waals surface area contributed by atoms with E-state index < -0.39 is 25.5 Å². The van der Waals surface area contributed by atoms with E-state index in [9.17, 15) is 9.59 Å². The number of carbonyl (C=O) groups is 2. The zero-order valence-corrected chi connectivity index (χ0v) is 17.7. The predicted octanol–water partition coefficient (Wildman–Crippen LogP) is 5.44. The molecule has 142 valence electrons. The van der Waals surface area contributed by atoms with E-state index in [0.29, 0.717) is 11.1 Å². The van der Waals surface area contributed by atoms with Crippen molar-refractivity contribution >= 4 is 20.5 Å². The van der Waals surface area contributed by atoms with Crippen LogP contribution in [0.3, 0.4) is 0 Å². The minimum absolute atomic E-state index is 0.102. The topological polar surface area (TPSA) is 52.6 Å². The van der Waals surface area contributed by atoms with E-state index >= 15 is 0 Å². The minimum atomic E-state index is -3.26. The van der Waals surface area contributed by atoms with Gasteiger partial charge in [-0.15, -0.1) is 0 Å². The van der Waals surface area contributed by atoms with Crippen molar-refractivity contribution < 1.29 is 18.4 Å². The summed E-state index contributed by atoms with van der Waals surface area (Å²) in [6, 6.07) is 0. The predicted molar refractivity (Wildman–Crippen MR) is 103 cm³/mol. The summed E-state index contributed by atoms with van der Waals surface area (Å²) in [7, 11) is -3.26. The van der Waals surface area contributed by atoms with Gasteiger partial charge in [0.15, 0.2) is 0 Å². The highest BCUT2D eigenvalue weighted by atomic mass is 28.4. The third-order valence-corrected chi connectivity index (χ3v) is 10.7. The van der Waals surface area contributed by atoms with E-state index in [1.165, 1.54) is 6.42 Å². The molecule has 25 heavy (non-hydrogen) atoms. The van der Waals surface area contributed by atoms with Gasteiger partial charge >= 0.3 is 20.5 Å². The summed E-state index contributed by atoms with van der Waals surface area (Å²) >= 11 is 0. The second kappa shape index (κ2) is 8.34. The van der Waals surface area contributed by atoms with Crippen LogP contribution in [0.4, 0.5) is 0 Å². The molecule has 1 aliphatic rings. The van der Waals surface area contributed by atoms with Gasteiger partial charge in [-0.25, -0.2) is 9.59 Å². The first-order valence-corrected chi connectivity index (χ1v) is 11.1. The summed E-state index contributed by atoms with van der Waals surface area (Å²) in [5.41, 5.74) is 0.766. The van der Waals surface area contributed by atoms with Crippen LogP contribution in [0.2, 0.25) is 10.6 Å². The average Bonchev–Trinajstić information content (AvgIpc) is 2.54. The monoisotopic (exact) mass is 366 g/mol. The van der Waals surface area contributed by atoms with Crippen LogP contribution < -0.4 is 0 Å². The first kappa shape index (κ1) is 21.7. The SMILES string of the molecule is C=C(C)C(=O)O[Si](OC(=O)C(=C)C)(C1CCCCC1)C(C)(C)C(C)C. The van der Waals surface area contributed by atoms with Gasteiger partial charge in [0.05, 0.1) is 0 Å². The Morgan fingerprint density at radius 3 is 1.68 bits per heavy atom. The molecular formula is C20H34O4Si. The molecule has 0 N–H and O–H groups in total. The molecule has 1 saturated carbocycles. The van der Waals surface area contributed by atoms with Gasteiger partial charge in [-0.05, 0) is 32.6 Å². The molecule has 0 radical (unpaired) electrons. The minimum Gasteiger partial charge on any atom is -0.481 e. The molecule has 1 fully saturated rings. The molecule has 0 aliphatic heterocycles. The van der Waals surface area contributed by atoms with Gasteiger partial charge < -0.3 is 8.85 Å². The first-order chi connectivity index (χ1) is 11.5. The Morgan fingerprint density at radius 1 is 0.960 bits per heavy atom. The van der Waals surface area contributed by atoms with Crippen molar-refractivity contribution in [1.29, 1.82) is 0 Å². The van der Waals surface area contributed by atoms with E-state index in [1.807, 2.05) is 0 Å². The number of hydrogen-bond donors (Lipinski definition) is 0. The lowest BCUT2D eigenvalue weighted by Gasteiger charge is -2.48. The van der Waals surface area contributed by atoms with E-state index in [0.717, 1.165) is 25.7 Å². The summed E-state index contributed by atoms with van der Waals surface area (Å²) in [5.74, 6) is -0.724. The second-order valence-corrected chi connectivity index (χ2v) is 12.1. The van der Waals surface area contributed by atoms with Gasteiger partial charge in [-0.2, -0.15) is 0 Å². The molecule has 0 aromatic rings. The highest BCUT2D eigenvalue weighted by molar-refractivity contribution is 6.75. The fourth-order valence-corrected chi connectivity index (χ4v) is 8.14. The molecule has 4 nitrogen and oxygen atoms in total. The fraction of sp³-hybridized carbons (Fsp3) is 0.700. The molecule has 0 saturated heterocycles. The number of carbonyl (C=O) groups excluding carboxylic acids is 2. The van der Waals surface area contributed by atoms with Gasteiger partial charge in [0, 0.05) is 21.7 Å². The molecule has 0 aromatic carbocycles. The molecule has 0 unspecified atom stereocenters. The maximum atomic E-state index is 12.5. The van der Waals surface area contributed by atoms with Gasteiger partial charge in [0.25, 0.3) is 0 Å². The smallest absolute Gasteiger partial charge is 0.474 e. The summed E-state index contributed by atoms with van der Waals surface area (Å²) in [4.78, 5) is 25.0. The van der Waals surface area contributed by atoms with Gasteiger partial charge in [0.1, 0.15) is 0 Å². The second-order valence-electron chi connectivity index (χ2n) is 8.22. The van der Waals surface area contributed by atoms with Crippen molar-refractivity contribution in [2.45, 2.75) is 84.2 Å². The Labute approximate surface area is 153 Å². The Morgan fingerprint density at radius 2 is 1.36 bits per heavy atom. The average molecular weight is 367 g/mol. The van der Waals surface area contributed by atoms with Crippen molar-refractivity contribution in [1.82, 2.24) is 0 Å². The zero-order chi connectivity index (χ0) is 19.4. The van der Waals surface area contributed by atoms with E-state index in [4.69, 9.17) is 8.85 Å². The summed E-state index contributed by atoms with van der Waals surface area (Å²) in [6.07, 6.45) is 5.17. The molecule has 0 bridgehead atoms. The molecule has 1 aliphatic carbocycles. The van der Waals surface area contributed by atoms with Crippen molar-refractivity contribution in [3.05, 3.63) is 24.3 Å². The van der Waals surface area contributed by atoms with E-state index in [2.05, 4.69) is 40.9 Å². The Hall–Kier alpha value is -1.36. The third-order valence-electron chi connectivity index (χ3n) is 5.67. The summed E-state index contributed by atoms with van der Waals surface area (Å²) in [6.45, 7) is 19.0. The van der Waals surface area contributed by atoms with Crippen molar-refractivity contribution in [3.8, 4) is 0 Å².